The molecule has 0 aliphatic carbocycles. The van der Waals surface area contributed by atoms with Gasteiger partial charge in [0, 0.05) is 11.8 Å². The van der Waals surface area contributed by atoms with Gasteiger partial charge in [-0.3, -0.25) is 4.57 Å². The van der Waals surface area contributed by atoms with Gasteiger partial charge in [0.1, 0.15) is 24.7 Å². The Hall–Kier alpha value is -1.08. The molecule has 122 valence electrons. The smallest absolute Gasteiger partial charge is 0.351 e. The number of alkyl halides is 1. The van der Waals surface area contributed by atoms with E-state index in [1.807, 2.05) is 22.6 Å². The van der Waals surface area contributed by atoms with Crippen LogP contribution in [0.2, 0.25) is 0 Å². The molecular formula is C12H15FIN3O5. The Bertz CT molecular complexity index is 634. The van der Waals surface area contributed by atoms with Gasteiger partial charge in [-0.2, -0.15) is 4.98 Å². The Morgan fingerprint density at radius 1 is 1.59 bits per heavy atom. The molecule has 1 saturated heterocycles. The lowest BCUT2D eigenvalue weighted by molar-refractivity contribution is -0.138. The number of nitrogens with zero attached hydrogens (tertiary/aromatic N) is 2. The lowest BCUT2D eigenvalue weighted by Crippen LogP contribution is -2.48. The minimum atomic E-state index is -1.98. The highest BCUT2D eigenvalue weighted by atomic mass is 127. The Labute approximate surface area is 138 Å². The van der Waals surface area contributed by atoms with E-state index in [-0.39, 0.29) is 5.82 Å². The quantitative estimate of drug-likeness (QED) is 0.462. The topological polar surface area (TPSA) is 131 Å². The van der Waals surface area contributed by atoms with Crippen molar-refractivity contribution in [2.45, 2.75) is 24.0 Å². The molecule has 4 atom stereocenters. The highest BCUT2D eigenvalue weighted by Gasteiger charge is 2.55. The van der Waals surface area contributed by atoms with Crippen molar-refractivity contribution < 1.29 is 24.4 Å². The Kier molecular flexibility index (Phi) is 5.17. The molecule has 0 saturated carbocycles. The fourth-order valence-corrected chi connectivity index (χ4v) is 2.61. The van der Waals surface area contributed by atoms with Crippen LogP contribution in [0.1, 0.15) is 11.8 Å². The average molecular weight is 427 g/mol. The standard InChI is InChI=1S/C12H15FIN3O5/c13-4-12(5-18)8(20)7(19)10(22-12)17-3-6(1-2-14)9(15)16-11(17)21/h1-3,7-8,10,18-20H,4-5H2,(H2,15,16,21)/t7-,8-,10+,12+/m0/s1. The van der Waals surface area contributed by atoms with E-state index in [0.29, 0.717) is 5.56 Å². The van der Waals surface area contributed by atoms with Crippen molar-refractivity contribution in [3.05, 3.63) is 26.3 Å². The first-order chi connectivity index (χ1) is 10.4. The number of ether oxygens (including phenoxy) is 1. The van der Waals surface area contributed by atoms with Gasteiger partial charge >= 0.3 is 5.69 Å². The van der Waals surface area contributed by atoms with E-state index in [2.05, 4.69) is 4.98 Å². The van der Waals surface area contributed by atoms with Crippen LogP contribution in [0.25, 0.3) is 6.08 Å². The van der Waals surface area contributed by atoms with Crippen LogP contribution in [0.15, 0.2) is 15.1 Å². The zero-order valence-corrected chi connectivity index (χ0v) is 13.4. The van der Waals surface area contributed by atoms with Crippen LogP contribution in [0.4, 0.5) is 10.2 Å². The van der Waals surface area contributed by atoms with E-state index in [1.54, 1.807) is 10.2 Å². The first-order valence-corrected chi connectivity index (χ1v) is 7.51. The predicted octanol–water partition coefficient (Wildman–Crippen LogP) is -0.818. The number of aliphatic hydroxyl groups excluding tert-OH is 3. The summed E-state index contributed by atoms with van der Waals surface area (Å²) in [5.41, 5.74) is 3.19. The molecule has 1 aromatic heterocycles. The zero-order valence-electron chi connectivity index (χ0n) is 11.3. The van der Waals surface area contributed by atoms with Crippen LogP contribution in [0.3, 0.4) is 0 Å². The van der Waals surface area contributed by atoms with Gasteiger partial charge < -0.3 is 25.8 Å². The molecule has 2 heterocycles. The molecule has 1 aliphatic rings. The highest BCUT2D eigenvalue weighted by molar-refractivity contribution is 14.1. The Morgan fingerprint density at radius 2 is 2.27 bits per heavy atom. The van der Waals surface area contributed by atoms with Gasteiger partial charge in [0.05, 0.1) is 6.61 Å². The fourth-order valence-electron chi connectivity index (χ4n) is 2.23. The third-order valence-corrected chi connectivity index (χ3v) is 3.89. The van der Waals surface area contributed by atoms with Crippen molar-refractivity contribution in [2.24, 2.45) is 0 Å². The molecule has 1 aliphatic heterocycles. The number of aliphatic hydroxyl groups is 3. The van der Waals surface area contributed by atoms with Gasteiger partial charge in [0.15, 0.2) is 11.8 Å². The number of anilines is 1. The van der Waals surface area contributed by atoms with Crippen molar-refractivity contribution in [1.29, 1.82) is 0 Å². The van der Waals surface area contributed by atoms with Crippen LogP contribution < -0.4 is 11.4 Å². The summed E-state index contributed by atoms with van der Waals surface area (Å²) < 4.78 is 20.9. The van der Waals surface area contributed by atoms with Crippen molar-refractivity contribution in [2.75, 3.05) is 19.0 Å². The average Bonchev–Trinajstić information content (AvgIpc) is 2.75. The molecule has 0 bridgehead atoms. The minimum Gasteiger partial charge on any atom is -0.393 e. The van der Waals surface area contributed by atoms with E-state index in [1.165, 1.54) is 6.20 Å². The minimum absolute atomic E-state index is 0.0129. The summed E-state index contributed by atoms with van der Waals surface area (Å²) in [4.78, 5) is 15.5. The third-order valence-electron chi connectivity index (χ3n) is 3.53. The third kappa shape index (κ3) is 2.76. The van der Waals surface area contributed by atoms with Gasteiger partial charge in [-0.05, 0) is 10.2 Å². The zero-order chi connectivity index (χ0) is 16.5. The predicted molar refractivity (Wildman–Crippen MR) is 83.9 cm³/mol. The molecule has 2 rings (SSSR count). The number of nitrogens with two attached hydrogens (primary N) is 1. The monoisotopic (exact) mass is 427 g/mol. The van der Waals surface area contributed by atoms with Crippen molar-refractivity contribution >= 4 is 34.5 Å². The number of rotatable bonds is 4. The molecular weight excluding hydrogens is 412 g/mol. The molecule has 0 aromatic carbocycles. The summed E-state index contributed by atoms with van der Waals surface area (Å²) >= 11 is 1.95. The van der Waals surface area contributed by atoms with Gasteiger partial charge in [-0.1, -0.05) is 22.6 Å². The van der Waals surface area contributed by atoms with E-state index < -0.39 is 43.0 Å². The van der Waals surface area contributed by atoms with Crippen LogP contribution >= 0.6 is 22.6 Å². The summed E-state index contributed by atoms with van der Waals surface area (Å²) in [7, 11) is 0. The second-order valence-electron chi connectivity index (χ2n) is 4.86. The van der Waals surface area contributed by atoms with Gasteiger partial charge in [0.25, 0.3) is 0 Å². The Balaban J connectivity index is 2.49. The maximum atomic E-state index is 13.1. The summed E-state index contributed by atoms with van der Waals surface area (Å²) in [6, 6.07) is 0. The molecule has 0 amide bonds. The van der Waals surface area contributed by atoms with E-state index in [4.69, 9.17) is 10.5 Å². The normalized spacial score (nSPS) is 32.0. The lowest BCUT2D eigenvalue weighted by atomic mass is 9.98. The lowest BCUT2D eigenvalue weighted by Gasteiger charge is -2.26. The molecule has 10 heteroatoms. The summed E-state index contributed by atoms with van der Waals surface area (Å²) in [6.07, 6.45) is -1.83. The molecule has 0 radical (unpaired) electrons. The van der Waals surface area contributed by atoms with Crippen LogP contribution in [-0.4, -0.2) is 56.0 Å². The van der Waals surface area contributed by atoms with Crippen LogP contribution in [0, 0.1) is 0 Å². The Morgan fingerprint density at radius 3 is 2.77 bits per heavy atom. The van der Waals surface area contributed by atoms with Gasteiger partial charge in [-0.15, -0.1) is 0 Å². The summed E-state index contributed by atoms with van der Waals surface area (Å²) in [5, 5.41) is 29.2. The molecule has 5 N–H and O–H groups in total. The number of nitrogen functional groups attached to an aromatic ring is 1. The first-order valence-electron chi connectivity index (χ1n) is 6.26. The second kappa shape index (κ2) is 6.58. The molecule has 1 fully saturated rings. The molecule has 22 heavy (non-hydrogen) atoms. The maximum Gasteiger partial charge on any atom is 0.351 e. The summed E-state index contributed by atoms with van der Waals surface area (Å²) in [6.45, 7) is -2.08. The van der Waals surface area contributed by atoms with Crippen LogP contribution in [0.5, 0.6) is 0 Å². The molecule has 1 aromatic rings. The van der Waals surface area contributed by atoms with E-state index >= 15 is 0 Å². The SMILES string of the molecule is Nc1nc(=O)n([C@@H]2O[C@@](CO)(CF)[C@@H](O)[C@@H]2O)cc1C=CI. The number of hydrogen-bond donors (Lipinski definition) is 4. The number of halogens is 2. The van der Waals surface area contributed by atoms with E-state index in [9.17, 15) is 24.5 Å². The molecule has 0 unspecified atom stereocenters. The van der Waals surface area contributed by atoms with Crippen molar-refractivity contribution in [1.82, 2.24) is 9.55 Å². The highest BCUT2D eigenvalue weighted by Crippen LogP contribution is 2.37. The van der Waals surface area contributed by atoms with Gasteiger partial charge in [0.2, 0.25) is 0 Å². The van der Waals surface area contributed by atoms with Crippen molar-refractivity contribution in [3.8, 4) is 0 Å². The van der Waals surface area contributed by atoms with E-state index in [0.717, 1.165) is 4.57 Å². The number of hydrogen-bond acceptors (Lipinski definition) is 7. The van der Waals surface area contributed by atoms with Crippen molar-refractivity contribution in [3.63, 3.8) is 0 Å². The maximum absolute atomic E-state index is 13.1. The largest absolute Gasteiger partial charge is 0.393 e. The first kappa shape index (κ1) is 17.3. The fraction of sp³-hybridized carbons (Fsp3) is 0.500. The molecule has 0 spiro atoms. The summed E-state index contributed by atoms with van der Waals surface area (Å²) in [5.74, 6) is -0.0129. The van der Waals surface area contributed by atoms with Gasteiger partial charge in [-0.25, -0.2) is 9.18 Å². The number of aromatic nitrogens is 2. The second-order valence-corrected chi connectivity index (χ2v) is 5.58. The molecule has 8 nitrogen and oxygen atoms in total. The van der Waals surface area contributed by atoms with Crippen LogP contribution in [-0.2, 0) is 4.74 Å².